The van der Waals surface area contributed by atoms with Crippen molar-refractivity contribution in [3.63, 3.8) is 0 Å². The summed E-state index contributed by atoms with van der Waals surface area (Å²) in [5.41, 5.74) is 0.344. The lowest BCUT2D eigenvalue weighted by molar-refractivity contribution is 0.196. The number of benzene rings is 1. The number of para-hydroxylation sites is 1. The highest BCUT2D eigenvalue weighted by molar-refractivity contribution is 9.10. The number of anilines is 1. The van der Waals surface area contributed by atoms with E-state index in [-0.39, 0.29) is 5.82 Å². The number of halogens is 2. The molecule has 0 radical (unpaired) electrons. The highest BCUT2D eigenvalue weighted by Crippen LogP contribution is 2.24. The first-order valence-electron chi connectivity index (χ1n) is 5.13. The summed E-state index contributed by atoms with van der Waals surface area (Å²) in [5.74, 6) is -0.347. The van der Waals surface area contributed by atoms with Gasteiger partial charge in [-0.25, -0.2) is 4.39 Å². The Morgan fingerprint density at radius 1 is 1.53 bits per heavy atom. The van der Waals surface area contributed by atoms with Crippen molar-refractivity contribution in [2.75, 3.05) is 25.6 Å². The molecule has 6 heteroatoms. The smallest absolute Gasteiger partial charge is 0.170 e. The van der Waals surface area contributed by atoms with E-state index in [0.717, 1.165) is 6.42 Å². The van der Waals surface area contributed by atoms with E-state index in [4.69, 9.17) is 17.0 Å². The molecule has 0 fully saturated rings. The van der Waals surface area contributed by atoms with Crippen molar-refractivity contribution in [3.05, 3.63) is 28.5 Å². The van der Waals surface area contributed by atoms with E-state index in [1.54, 1.807) is 19.2 Å². The van der Waals surface area contributed by atoms with Gasteiger partial charge in [-0.3, -0.25) is 0 Å². The van der Waals surface area contributed by atoms with Crippen LogP contribution in [0.15, 0.2) is 22.7 Å². The topological polar surface area (TPSA) is 33.3 Å². The molecule has 3 nitrogen and oxygen atoms in total. The first-order valence-corrected chi connectivity index (χ1v) is 6.33. The molecule has 17 heavy (non-hydrogen) atoms. The minimum atomic E-state index is -0.347. The predicted molar refractivity (Wildman–Crippen MR) is 74.8 cm³/mol. The van der Waals surface area contributed by atoms with Crippen LogP contribution in [-0.4, -0.2) is 25.4 Å². The zero-order valence-corrected chi connectivity index (χ0v) is 11.8. The molecule has 0 aliphatic carbocycles. The van der Waals surface area contributed by atoms with Gasteiger partial charge in [0.25, 0.3) is 0 Å². The minimum absolute atomic E-state index is 0.344. The van der Waals surface area contributed by atoms with Crippen LogP contribution >= 0.6 is 28.1 Å². The third-order valence-electron chi connectivity index (χ3n) is 2.01. The van der Waals surface area contributed by atoms with E-state index in [2.05, 4.69) is 26.6 Å². The molecule has 2 N–H and O–H groups in total. The number of methoxy groups -OCH3 is 1. The lowest BCUT2D eigenvalue weighted by Crippen LogP contribution is -2.30. The van der Waals surface area contributed by atoms with Crippen LogP contribution in [0.25, 0.3) is 0 Å². The Balaban J connectivity index is 2.45. The normalized spacial score (nSPS) is 10.1. The van der Waals surface area contributed by atoms with Gasteiger partial charge in [-0.05, 0) is 46.7 Å². The van der Waals surface area contributed by atoms with E-state index in [9.17, 15) is 4.39 Å². The molecule has 0 aromatic heterocycles. The van der Waals surface area contributed by atoms with Crippen LogP contribution < -0.4 is 10.6 Å². The van der Waals surface area contributed by atoms with Crippen LogP contribution in [0.4, 0.5) is 10.1 Å². The second kappa shape index (κ2) is 7.58. The first kappa shape index (κ1) is 14.3. The number of nitrogens with one attached hydrogen (secondary N) is 2. The van der Waals surface area contributed by atoms with Gasteiger partial charge >= 0.3 is 0 Å². The summed E-state index contributed by atoms with van der Waals surface area (Å²) in [6.45, 7) is 1.35. The van der Waals surface area contributed by atoms with E-state index in [1.807, 2.05) is 0 Å². The average molecular weight is 321 g/mol. The van der Waals surface area contributed by atoms with Gasteiger partial charge in [0.1, 0.15) is 5.82 Å². The summed E-state index contributed by atoms with van der Waals surface area (Å²) in [6, 6.07) is 4.75. The Labute approximate surface area is 114 Å². The van der Waals surface area contributed by atoms with Gasteiger partial charge in [0.2, 0.25) is 0 Å². The van der Waals surface area contributed by atoms with Crippen molar-refractivity contribution in [2.24, 2.45) is 0 Å². The Bertz CT molecular complexity index is 369. The van der Waals surface area contributed by atoms with Crippen molar-refractivity contribution < 1.29 is 9.13 Å². The number of rotatable bonds is 5. The molecule has 0 saturated heterocycles. The highest BCUT2D eigenvalue weighted by atomic mass is 79.9. The zero-order valence-electron chi connectivity index (χ0n) is 9.43. The molecular weight excluding hydrogens is 307 g/mol. The summed E-state index contributed by atoms with van der Waals surface area (Å²) in [7, 11) is 1.65. The van der Waals surface area contributed by atoms with Crippen LogP contribution in [0.1, 0.15) is 6.42 Å². The summed E-state index contributed by atoms with van der Waals surface area (Å²) in [4.78, 5) is 0. The molecular formula is C11H14BrFN2OS. The van der Waals surface area contributed by atoms with Crippen LogP contribution in [0, 0.1) is 5.82 Å². The average Bonchev–Trinajstić information content (AvgIpc) is 2.30. The Hall–Kier alpha value is -0.720. The van der Waals surface area contributed by atoms with Gasteiger partial charge in [0, 0.05) is 24.7 Å². The molecule has 0 aliphatic heterocycles. The molecule has 94 valence electrons. The summed E-state index contributed by atoms with van der Waals surface area (Å²) >= 11 is 8.31. The van der Waals surface area contributed by atoms with Crippen LogP contribution in [0.5, 0.6) is 0 Å². The number of ether oxygens (including phenoxy) is 1. The molecule has 0 aliphatic rings. The van der Waals surface area contributed by atoms with Crippen LogP contribution in [-0.2, 0) is 4.74 Å². The molecule has 0 amide bonds. The molecule has 1 aromatic rings. The molecule has 1 rings (SSSR count). The standard InChI is InChI=1S/C11H14BrFN2OS/c1-16-7-3-6-14-11(17)15-10-8(12)4-2-5-9(10)13/h2,4-5H,3,6-7H2,1H3,(H2,14,15,17). The van der Waals surface area contributed by atoms with Gasteiger partial charge in [-0.1, -0.05) is 6.07 Å². The predicted octanol–water partition coefficient (Wildman–Crippen LogP) is 2.91. The fourth-order valence-electron chi connectivity index (χ4n) is 1.19. The maximum Gasteiger partial charge on any atom is 0.170 e. The van der Waals surface area contributed by atoms with Crippen molar-refractivity contribution in [1.29, 1.82) is 0 Å². The largest absolute Gasteiger partial charge is 0.385 e. The van der Waals surface area contributed by atoms with Crippen molar-refractivity contribution >= 4 is 38.9 Å². The third kappa shape index (κ3) is 4.97. The lowest BCUT2D eigenvalue weighted by Gasteiger charge is -2.12. The molecule has 0 heterocycles. The van der Waals surface area contributed by atoms with Gasteiger partial charge < -0.3 is 15.4 Å². The molecule has 0 saturated carbocycles. The minimum Gasteiger partial charge on any atom is -0.385 e. The van der Waals surface area contributed by atoms with Gasteiger partial charge in [-0.15, -0.1) is 0 Å². The lowest BCUT2D eigenvalue weighted by atomic mass is 10.3. The summed E-state index contributed by atoms with van der Waals surface area (Å²) in [6.07, 6.45) is 0.844. The SMILES string of the molecule is COCCCNC(=S)Nc1c(F)cccc1Br. The van der Waals surface area contributed by atoms with Gasteiger partial charge in [0.05, 0.1) is 5.69 Å². The van der Waals surface area contributed by atoms with Crippen molar-refractivity contribution in [3.8, 4) is 0 Å². The zero-order chi connectivity index (χ0) is 12.7. The Morgan fingerprint density at radius 3 is 2.94 bits per heavy atom. The number of hydrogen-bond acceptors (Lipinski definition) is 2. The van der Waals surface area contributed by atoms with Gasteiger partial charge in [0.15, 0.2) is 5.11 Å². The van der Waals surface area contributed by atoms with Crippen molar-refractivity contribution in [1.82, 2.24) is 5.32 Å². The summed E-state index contributed by atoms with van der Waals surface area (Å²) < 4.78 is 19.0. The molecule has 1 aromatic carbocycles. The summed E-state index contributed by atoms with van der Waals surface area (Å²) in [5, 5.41) is 6.18. The molecule has 0 atom stereocenters. The second-order valence-corrected chi connectivity index (χ2v) is 4.59. The maximum atomic E-state index is 13.5. The molecule has 0 unspecified atom stereocenters. The van der Waals surface area contributed by atoms with E-state index >= 15 is 0 Å². The van der Waals surface area contributed by atoms with Crippen LogP contribution in [0.3, 0.4) is 0 Å². The van der Waals surface area contributed by atoms with Crippen LogP contribution in [0.2, 0.25) is 0 Å². The van der Waals surface area contributed by atoms with E-state index in [1.165, 1.54) is 6.07 Å². The quantitative estimate of drug-likeness (QED) is 0.645. The van der Waals surface area contributed by atoms with Crippen molar-refractivity contribution in [2.45, 2.75) is 6.42 Å². The molecule has 0 spiro atoms. The van der Waals surface area contributed by atoms with E-state index in [0.29, 0.717) is 28.4 Å². The number of hydrogen-bond donors (Lipinski definition) is 2. The number of thiocarbonyl (C=S) groups is 1. The third-order valence-corrected chi connectivity index (χ3v) is 2.92. The fourth-order valence-corrected chi connectivity index (χ4v) is 1.84. The Kier molecular flexibility index (Phi) is 6.39. The molecule has 0 bridgehead atoms. The highest BCUT2D eigenvalue weighted by Gasteiger charge is 2.07. The Morgan fingerprint density at radius 2 is 2.29 bits per heavy atom. The first-order chi connectivity index (χ1) is 8.15. The monoisotopic (exact) mass is 320 g/mol. The maximum absolute atomic E-state index is 13.5. The van der Waals surface area contributed by atoms with Gasteiger partial charge in [-0.2, -0.15) is 0 Å². The van der Waals surface area contributed by atoms with E-state index < -0.39 is 0 Å². The fraction of sp³-hybridized carbons (Fsp3) is 0.364. The second-order valence-electron chi connectivity index (χ2n) is 3.32.